The van der Waals surface area contributed by atoms with Crippen LogP contribution in [0, 0.1) is 0 Å². The van der Waals surface area contributed by atoms with Gasteiger partial charge in [0.2, 0.25) is 0 Å². The number of pyridine rings is 1. The molecule has 0 saturated heterocycles. The topological polar surface area (TPSA) is 50.8 Å². The van der Waals surface area contributed by atoms with Crippen LogP contribution in [0.15, 0.2) is 18.3 Å². The average Bonchev–Trinajstić information content (AvgIpc) is 2.87. The third-order valence-corrected chi connectivity index (χ3v) is 4.05. The molecule has 2 aromatic rings. The fraction of sp³-hybridized carbons (Fsp3) is 0.571. The Morgan fingerprint density at radius 1 is 1.20 bits per heavy atom. The Balaban J connectivity index is 0.00000200. The van der Waals surface area contributed by atoms with Crippen LogP contribution >= 0.6 is 0 Å². The second kappa shape index (κ2) is 7.78. The van der Waals surface area contributed by atoms with Gasteiger partial charge in [-0.2, -0.15) is 4.98 Å². The van der Waals surface area contributed by atoms with E-state index in [-0.39, 0.29) is 24.0 Å². The Hall–Kier alpha value is -0.890. The smallest absolute Gasteiger partial charge is 0.296 e. The number of hydrogen-bond donors (Lipinski definition) is 1. The first-order valence-corrected chi connectivity index (χ1v) is 7.01. The molecule has 2 rings (SSSR count). The quantitative estimate of drug-likeness (QED) is 0.499. The van der Waals surface area contributed by atoms with Gasteiger partial charge in [-0.3, -0.25) is 0 Å². The fourth-order valence-corrected chi connectivity index (χ4v) is 2.37. The number of imidazole rings is 1. The van der Waals surface area contributed by atoms with Crippen molar-refractivity contribution in [3.8, 4) is 6.01 Å². The predicted molar refractivity (Wildman–Crippen MR) is 76.1 cm³/mol. The van der Waals surface area contributed by atoms with Crippen molar-refractivity contribution in [2.24, 2.45) is 0 Å². The zero-order valence-corrected chi connectivity index (χ0v) is 14.6. The highest BCUT2D eigenvalue weighted by molar-refractivity contribution is 5.70. The minimum absolute atomic E-state index is 0. The third kappa shape index (κ3) is 3.82. The summed E-state index contributed by atoms with van der Waals surface area (Å²) in [6, 6.07) is 4.40. The van der Waals surface area contributed by atoms with E-state index in [0.717, 1.165) is 36.2 Å². The third-order valence-electron chi connectivity index (χ3n) is 4.05. The van der Waals surface area contributed by atoms with Crippen LogP contribution in [0.4, 0.5) is 0 Å². The van der Waals surface area contributed by atoms with Gasteiger partial charge in [-0.25, -0.2) is 4.98 Å². The number of aromatic nitrogens is 3. The summed E-state index contributed by atoms with van der Waals surface area (Å²) in [5, 5.41) is 0. The molecule has 0 amide bonds. The number of nitrogens with one attached hydrogen (secondary N) is 1. The molecule has 0 aromatic carbocycles. The van der Waals surface area contributed by atoms with E-state index in [9.17, 15) is 0 Å². The summed E-state index contributed by atoms with van der Waals surface area (Å²) in [6.45, 7) is 11.8. The first-order valence-electron chi connectivity index (χ1n) is 7.01. The molecule has 0 unspecified atom stereocenters. The van der Waals surface area contributed by atoms with Crippen molar-refractivity contribution < 1.29 is 33.2 Å². The molecule has 0 atom stereocenters. The number of quaternary nitrogens is 1. The number of H-pyrrole nitrogens is 1. The Morgan fingerprint density at radius 3 is 2.50 bits per heavy atom. The molecular formula is C14H23IN4O. The highest BCUT2D eigenvalue weighted by Crippen LogP contribution is 2.13. The van der Waals surface area contributed by atoms with E-state index < -0.39 is 0 Å². The number of aromatic amines is 1. The maximum absolute atomic E-state index is 5.73. The number of hydrogen-bond acceptors (Lipinski definition) is 3. The first-order chi connectivity index (χ1) is 9.23. The van der Waals surface area contributed by atoms with Gasteiger partial charge < -0.3 is 38.2 Å². The largest absolute Gasteiger partial charge is 1.00 e. The molecule has 0 radical (unpaired) electrons. The Bertz CT molecular complexity index is 483. The molecule has 0 spiro atoms. The highest BCUT2D eigenvalue weighted by Gasteiger charge is 2.20. The van der Waals surface area contributed by atoms with E-state index >= 15 is 0 Å². The van der Waals surface area contributed by atoms with Gasteiger partial charge in [0.1, 0.15) is 13.2 Å². The molecular weight excluding hydrogens is 367 g/mol. The number of ether oxygens (including phenoxy) is 1. The molecule has 1 N–H and O–H groups in total. The summed E-state index contributed by atoms with van der Waals surface area (Å²) >= 11 is 0. The summed E-state index contributed by atoms with van der Waals surface area (Å²) in [5.41, 5.74) is 1.62. The summed E-state index contributed by atoms with van der Waals surface area (Å²) in [6.07, 6.45) is 1.74. The van der Waals surface area contributed by atoms with Crippen LogP contribution in [-0.4, -0.2) is 52.2 Å². The van der Waals surface area contributed by atoms with Gasteiger partial charge in [-0.05, 0) is 32.9 Å². The average molecular weight is 390 g/mol. The van der Waals surface area contributed by atoms with Crippen molar-refractivity contribution >= 4 is 11.2 Å². The van der Waals surface area contributed by atoms with Crippen molar-refractivity contribution in [3.05, 3.63) is 18.3 Å². The Morgan fingerprint density at radius 2 is 1.90 bits per heavy atom. The SMILES string of the molecule is CC[N+](CC)(CC)CCOc1nc2ncccc2[nH]1.[I-]. The van der Waals surface area contributed by atoms with Crippen molar-refractivity contribution in [1.82, 2.24) is 15.0 Å². The van der Waals surface area contributed by atoms with Gasteiger partial charge in [0, 0.05) is 6.20 Å². The summed E-state index contributed by atoms with van der Waals surface area (Å²) in [4.78, 5) is 11.6. The monoisotopic (exact) mass is 390 g/mol. The van der Waals surface area contributed by atoms with E-state index in [4.69, 9.17) is 4.74 Å². The number of halogens is 1. The Kier molecular flexibility index (Phi) is 6.67. The number of fused-ring (bicyclic) bond motifs is 1. The minimum atomic E-state index is 0. The normalized spacial score (nSPS) is 11.3. The van der Waals surface area contributed by atoms with E-state index in [1.165, 1.54) is 0 Å². The molecule has 0 aliphatic heterocycles. The molecule has 0 aliphatic rings. The highest BCUT2D eigenvalue weighted by atomic mass is 127. The molecule has 0 fully saturated rings. The van der Waals surface area contributed by atoms with Crippen LogP contribution in [0.5, 0.6) is 6.01 Å². The molecule has 6 heteroatoms. The van der Waals surface area contributed by atoms with Gasteiger partial charge in [-0.15, -0.1) is 0 Å². The molecule has 20 heavy (non-hydrogen) atoms. The zero-order valence-electron chi connectivity index (χ0n) is 12.4. The first kappa shape index (κ1) is 17.2. The lowest BCUT2D eigenvalue weighted by molar-refractivity contribution is -0.923. The van der Waals surface area contributed by atoms with Crippen LogP contribution in [0.25, 0.3) is 11.2 Å². The lowest BCUT2D eigenvalue weighted by atomic mass is 10.3. The molecule has 5 nitrogen and oxygen atoms in total. The molecule has 0 bridgehead atoms. The fourth-order valence-electron chi connectivity index (χ4n) is 2.37. The lowest BCUT2D eigenvalue weighted by Crippen LogP contribution is -3.00. The lowest BCUT2D eigenvalue weighted by Gasteiger charge is -2.35. The van der Waals surface area contributed by atoms with Gasteiger partial charge in [-0.1, -0.05) is 0 Å². The minimum Gasteiger partial charge on any atom is -1.00 e. The summed E-state index contributed by atoms with van der Waals surface area (Å²) < 4.78 is 6.81. The van der Waals surface area contributed by atoms with Gasteiger partial charge in [0.25, 0.3) is 6.01 Å². The molecule has 0 aliphatic carbocycles. The van der Waals surface area contributed by atoms with Gasteiger partial charge in [0.15, 0.2) is 5.65 Å². The van der Waals surface area contributed by atoms with Crippen LogP contribution < -0.4 is 28.7 Å². The van der Waals surface area contributed by atoms with Crippen molar-refractivity contribution in [1.29, 1.82) is 0 Å². The summed E-state index contributed by atoms with van der Waals surface area (Å²) in [7, 11) is 0. The Labute approximate surface area is 137 Å². The van der Waals surface area contributed by atoms with Crippen LogP contribution in [0.3, 0.4) is 0 Å². The van der Waals surface area contributed by atoms with E-state index in [1.54, 1.807) is 6.20 Å². The number of rotatable bonds is 7. The number of likely N-dealkylation sites (N-methyl/N-ethyl adjacent to an activating group) is 1. The van der Waals surface area contributed by atoms with Gasteiger partial charge in [0.05, 0.1) is 25.2 Å². The molecule has 0 saturated carbocycles. The predicted octanol–water partition coefficient (Wildman–Crippen LogP) is -0.783. The van der Waals surface area contributed by atoms with E-state index in [2.05, 4.69) is 35.7 Å². The maximum atomic E-state index is 5.73. The van der Waals surface area contributed by atoms with Crippen molar-refractivity contribution in [2.75, 3.05) is 32.8 Å². The number of nitrogens with zero attached hydrogens (tertiary/aromatic N) is 3. The van der Waals surface area contributed by atoms with E-state index in [0.29, 0.717) is 18.3 Å². The summed E-state index contributed by atoms with van der Waals surface area (Å²) in [5.74, 6) is 0. The van der Waals surface area contributed by atoms with Crippen LogP contribution in [-0.2, 0) is 0 Å². The van der Waals surface area contributed by atoms with Crippen LogP contribution in [0.2, 0.25) is 0 Å². The zero-order chi connectivity index (χ0) is 13.7. The van der Waals surface area contributed by atoms with Crippen LogP contribution in [0.1, 0.15) is 20.8 Å². The standard InChI is InChI=1S/C14H23N4O.HI/c1-4-18(5-2,6-3)10-11-19-14-16-12-8-7-9-15-13(12)17-14;/h7-9H,4-6,10-11H2,1-3H3,(H,15,16,17);1H/q+1;/p-1. The second-order valence-corrected chi connectivity index (χ2v) is 4.78. The van der Waals surface area contributed by atoms with Gasteiger partial charge >= 0.3 is 0 Å². The van der Waals surface area contributed by atoms with E-state index in [1.807, 2.05) is 12.1 Å². The second-order valence-electron chi connectivity index (χ2n) is 4.78. The molecule has 112 valence electrons. The van der Waals surface area contributed by atoms with Crippen molar-refractivity contribution in [3.63, 3.8) is 0 Å². The molecule has 2 aromatic heterocycles. The van der Waals surface area contributed by atoms with Crippen molar-refractivity contribution in [2.45, 2.75) is 20.8 Å². The molecule has 2 heterocycles. The maximum Gasteiger partial charge on any atom is 0.296 e.